The molecule has 3 rings (SSSR count). The molecule has 2 aromatic rings. The third-order valence-corrected chi connectivity index (χ3v) is 7.51. The minimum Gasteiger partial charge on any atom is -0.280 e. The zero-order chi connectivity index (χ0) is 22.1. The monoisotopic (exact) mass is 452 g/mol. The molecule has 2 aromatic carbocycles. The summed E-state index contributed by atoms with van der Waals surface area (Å²) >= 11 is 0. The Morgan fingerprint density at radius 3 is 2.40 bits per heavy atom. The van der Waals surface area contributed by atoms with Crippen LogP contribution in [0.15, 0.2) is 51.2 Å². The van der Waals surface area contributed by atoms with Gasteiger partial charge in [0.1, 0.15) is 5.84 Å². The largest absolute Gasteiger partial charge is 0.280 e. The maximum absolute atomic E-state index is 12.9. The van der Waals surface area contributed by atoms with Gasteiger partial charge in [-0.3, -0.25) is 24.6 Å². The number of anilines is 1. The van der Waals surface area contributed by atoms with Crippen molar-refractivity contribution in [3.8, 4) is 0 Å². The van der Waals surface area contributed by atoms with Gasteiger partial charge in [-0.15, -0.1) is 0 Å². The van der Waals surface area contributed by atoms with Gasteiger partial charge in [-0.1, -0.05) is 6.07 Å². The van der Waals surface area contributed by atoms with Crippen molar-refractivity contribution in [3.63, 3.8) is 0 Å². The van der Waals surface area contributed by atoms with Gasteiger partial charge in [0, 0.05) is 25.1 Å². The molecule has 1 aliphatic heterocycles. The number of amidine groups is 1. The Hall–Kier alpha value is -2.99. The van der Waals surface area contributed by atoms with Crippen molar-refractivity contribution >= 4 is 37.3 Å². The summed E-state index contributed by atoms with van der Waals surface area (Å²) in [6.45, 7) is 3.67. The summed E-state index contributed by atoms with van der Waals surface area (Å²) in [5.41, 5.74) is 0.464. The number of non-ortho nitro benzene ring substituents is 1. The maximum atomic E-state index is 12.9. The van der Waals surface area contributed by atoms with E-state index in [0.29, 0.717) is 29.9 Å². The van der Waals surface area contributed by atoms with Crippen LogP contribution in [0, 0.1) is 24.0 Å². The molecule has 0 atom stereocenters. The number of nitrogens with one attached hydrogen (secondary N) is 2. The molecule has 0 fully saturated rings. The van der Waals surface area contributed by atoms with Crippen LogP contribution in [-0.2, 0) is 20.0 Å². The average molecular weight is 453 g/mol. The number of aryl methyl sites for hydroxylation is 1. The Kier molecular flexibility index (Phi) is 5.81. The number of hydrogen-bond donors (Lipinski definition) is 2. The molecule has 12 heteroatoms. The summed E-state index contributed by atoms with van der Waals surface area (Å²) in [4.78, 5) is 14.1. The van der Waals surface area contributed by atoms with Crippen LogP contribution < -0.4 is 9.44 Å². The van der Waals surface area contributed by atoms with Gasteiger partial charge in [-0.05, 0) is 49.6 Å². The molecule has 0 saturated heterocycles. The highest BCUT2D eigenvalue weighted by Gasteiger charge is 2.24. The fraction of sp³-hybridized carbons (Fsp3) is 0.278. The Morgan fingerprint density at radius 2 is 1.77 bits per heavy atom. The van der Waals surface area contributed by atoms with Crippen molar-refractivity contribution in [2.75, 3.05) is 11.3 Å². The van der Waals surface area contributed by atoms with Gasteiger partial charge < -0.3 is 0 Å². The van der Waals surface area contributed by atoms with Gasteiger partial charge in [0.05, 0.1) is 20.4 Å². The van der Waals surface area contributed by atoms with E-state index in [2.05, 4.69) is 14.4 Å². The lowest BCUT2D eigenvalue weighted by molar-refractivity contribution is -0.385. The first-order chi connectivity index (χ1) is 14.0. The zero-order valence-electron chi connectivity index (χ0n) is 16.2. The smallest absolute Gasteiger partial charge is 0.271 e. The van der Waals surface area contributed by atoms with E-state index in [1.54, 1.807) is 13.8 Å². The summed E-state index contributed by atoms with van der Waals surface area (Å²) in [7, 11) is -8.12. The standard InChI is InChI=1S/C18H20N4O6S2/c1-12-9-15(22(23)24)11-17(13(12)2)30(27,28)20-14-5-3-6-16(10-14)29(25,26)21-18-7-4-8-19-18/h3,5-6,9-11,20H,4,7-8H2,1-2H3,(H,19,21). The fourth-order valence-corrected chi connectivity index (χ4v) is 5.49. The van der Waals surface area contributed by atoms with Gasteiger partial charge in [-0.25, -0.2) is 16.8 Å². The minimum atomic E-state index is -4.20. The summed E-state index contributed by atoms with van der Waals surface area (Å²) in [5.74, 6) is 0.365. The van der Waals surface area contributed by atoms with Crippen molar-refractivity contribution in [3.05, 3.63) is 57.6 Å². The molecule has 0 bridgehead atoms. The van der Waals surface area contributed by atoms with E-state index in [0.717, 1.165) is 12.5 Å². The number of aliphatic imine (C=N–C) groups is 1. The molecule has 0 aliphatic carbocycles. The van der Waals surface area contributed by atoms with E-state index in [1.165, 1.54) is 30.3 Å². The molecule has 0 aromatic heterocycles. The van der Waals surface area contributed by atoms with E-state index in [4.69, 9.17) is 0 Å². The van der Waals surface area contributed by atoms with Gasteiger partial charge in [-0.2, -0.15) is 0 Å². The molecule has 0 radical (unpaired) electrons. The molecule has 0 spiro atoms. The number of benzene rings is 2. The minimum absolute atomic E-state index is 0.00907. The fourth-order valence-electron chi connectivity index (χ4n) is 2.97. The predicted octanol–water partition coefficient (Wildman–Crippen LogP) is 2.48. The van der Waals surface area contributed by atoms with Crippen LogP contribution in [0.4, 0.5) is 11.4 Å². The highest BCUT2D eigenvalue weighted by molar-refractivity contribution is 7.92. The lowest BCUT2D eigenvalue weighted by Crippen LogP contribution is -2.29. The normalized spacial score (nSPS) is 14.3. The second kappa shape index (κ2) is 8.03. The third-order valence-electron chi connectivity index (χ3n) is 4.63. The topological polar surface area (TPSA) is 148 Å². The molecule has 0 unspecified atom stereocenters. The molecule has 0 amide bonds. The molecule has 1 heterocycles. The average Bonchev–Trinajstić information content (AvgIpc) is 3.15. The van der Waals surface area contributed by atoms with Crippen LogP contribution in [0.2, 0.25) is 0 Å². The first kappa shape index (κ1) is 21.7. The summed E-state index contributed by atoms with van der Waals surface area (Å²) in [5, 5.41) is 11.1. The molecule has 1 aliphatic rings. The second-order valence-electron chi connectivity index (χ2n) is 6.81. The highest BCUT2D eigenvalue weighted by Crippen LogP contribution is 2.27. The number of nitro benzene ring substituents is 1. The van der Waals surface area contributed by atoms with Crippen LogP contribution in [0.3, 0.4) is 0 Å². The molecule has 2 N–H and O–H groups in total. The van der Waals surface area contributed by atoms with Gasteiger partial charge in [0.25, 0.3) is 25.7 Å². The Balaban J connectivity index is 1.93. The maximum Gasteiger partial charge on any atom is 0.271 e. The Morgan fingerprint density at radius 1 is 1.03 bits per heavy atom. The summed E-state index contributed by atoms with van der Waals surface area (Å²) < 4.78 is 55.5. The van der Waals surface area contributed by atoms with E-state index in [1.807, 2.05) is 0 Å². The van der Waals surface area contributed by atoms with Crippen LogP contribution in [0.25, 0.3) is 0 Å². The van der Waals surface area contributed by atoms with Gasteiger partial charge in [0.15, 0.2) is 0 Å². The van der Waals surface area contributed by atoms with E-state index in [-0.39, 0.29) is 21.2 Å². The quantitative estimate of drug-likeness (QED) is 0.508. The SMILES string of the molecule is Cc1cc([N+](=O)[O-])cc(S(=O)(=O)Nc2cccc(S(=O)(=O)NC3=NCCC3)c2)c1C. The zero-order valence-corrected chi connectivity index (χ0v) is 17.9. The molecular weight excluding hydrogens is 432 g/mol. The van der Waals surface area contributed by atoms with Gasteiger partial charge in [0.2, 0.25) is 0 Å². The van der Waals surface area contributed by atoms with Crippen LogP contribution in [-0.4, -0.2) is 34.1 Å². The molecular formula is C18H20N4O6S2. The number of sulfonamides is 2. The van der Waals surface area contributed by atoms with Crippen molar-refractivity contribution in [2.24, 2.45) is 4.99 Å². The van der Waals surface area contributed by atoms with E-state index >= 15 is 0 Å². The van der Waals surface area contributed by atoms with Crippen molar-refractivity contribution in [1.29, 1.82) is 0 Å². The van der Waals surface area contributed by atoms with Crippen molar-refractivity contribution < 1.29 is 21.8 Å². The molecule has 0 saturated carbocycles. The Bertz CT molecular complexity index is 1250. The van der Waals surface area contributed by atoms with E-state index in [9.17, 15) is 26.9 Å². The number of hydrogen-bond acceptors (Lipinski definition) is 7. The highest BCUT2D eigenvalue weighted by atomic mass is 32.2. The number of nitro groups is 1. The van der Waals surface area contributed by atoms with Crippen molar-refractivity contribution in [2.45, 2.75) is 36.5 Å². The van der Waals surface area contributed by atoms with Gasteiger partial charge >= 0.3 is 0 Å². The predicted molar refractivity (Wildman–Crippen MR) is 112 cm³/mol. The second-order valence-corrected chi connectivity index (χ2v) is 10.1. The van der Waals surface area contributed by atoms with Crippen molar-refractivity contribution in [1.82, 2.24) is 4.72 Å². The van der Waals surface area contributed by atoms with E-state index < -0.39 is 25.0 Å². The van der Waals surface area contributed by atoms with Crippen LogP contribution >= 0.6 is 0 Å². The number of nitrogens with zero attached hydrogens (tertiary/aromatic N) is 2. The molecule has 30 heavy (non-hydrogen) atoms. The summed E-state index contributed by atoms with van der Waals surface area (Å²) in [6, 6.07) is 7.56. The number of rotatable bonds is 6. The first-order valence-corrected chi connectivity index (χ1v) is 11.9. The first-order valence-electron chi connectivity index (χ1n) is 8.94. The molecule has 10 nitrogen and oxygen atoms in total. The lowest BCUT2D eigenvalue weighted by Gasteiger charge is -2.13. The Labute approximate surface area is 174 Å². The lowest BCUT2D eigenvalue weighted by atomic mass is 10.1. The summed E-state index contributed by atoms with van der Waals surface area (Å²) in [6.07, 6.45) is 1.29. The van der Waals surface area contributed by atoms with Crippen LogP contribution in [0.5, 0.6) is 0 Å². The van der Waals surface area contributed by atoms with Crippen LogP contribution in [0.1, 0.15) is 24.0 Å². The molecule has 160 valence electrons. The third kappa shape index (κ3) is 4.60.